The summed E-state index contributed by atoms with van der Waals surface area (Å²) >= 11 is 4.95. The lowest BCUT2D eigenvalue weighted by atomic mass is 10.0. The van der Waals surface area contributed by atoms with Crippen LogP contribution in [0.25, 0.3) is 0 Å². The summed E-state index contributed by atoms with van der Waals surface area (Å²) in [4.78, 5) is 14.2. The fourth-order valence-corrected chi connectivity index (χ4v) is 1.85. The summed E-state index contributed by atoms with van der Waals surface area (Å²) in [6.07, 6.45) is 2.74. The quantitative estimate of drug-likeness (QED) is 0.698. The van der Waals surface area contributed by atoms with Crippen molar-refractivity contribution < 1.29 is 4.79 Å². The lowest BCUT2D eigenvalue weighted by Gasteiger charge is -2.25. The predicted molar refractivity (Wildman–Crippen MR) is 72.3 cm³/mol. The van der Waals surface area contributed by atoms with Gasteiger partial charge in [0.1, 0.15) is 0 Å². The van der Waals surface area contributed by atoms with E-state index >= 15 is 0 Å². The van der Waals surface area contributed by atoms with Crippen LogP contribution in [0.15, 0.2) is 0 Å². The Labute approximate surface area is 104 Å². The Morgan fingerprint density at radius 1 is 1.44 bits per heavy atom. The molecule has 0 aliphatic heterocycles. The van der Waals surface area contributed by atoms with Gasteiger partial charge in [0.15, 0.2) is 0 Å². The maximum Gasteiger partial charge on any atom is 0.232 e. The molecule has 0 bridgehead atoms. The summed E-state index contributed by atoms with van der Waals surface area (Å²) in [6, 6.07) is 0. The highest BCUT2D eigenvalue weighted by atomic mass is 32.1. The largest absolute Gasteiger partial charge is 0.393 e. The second-order valence-electron chi connectivity index (χ2n) is 4.48. The molecule has 0 fully saturated rings. The van der Waals surface area contributed by atoms with E-state index in [1.54, 1.807) is 4.90 Å². The number of carbonyl (C=O) groups excluding carboxylic acids is 1. The number of thiocarbonyl (C=S) groups is 1. The smallest absolute Gasteiger partial charge is 0.232 e. The molecular formula is C12H24N2OS. The molecule has 0 saturated heterocycles. The van der Waals surface area contributed by atoms with Crippen molar-refractivity contribution in [1.29, 1.82) is 0 Å². The number of nitrogens with zero attached hydrogens (tertiary/aromatic N) is 1. The summed E-state index contributed by atoms with van der Waals surface area (Å²) in [5.41, 5.74) is 5.61. The Morgan fingerprint density at radius 2 is 2.00 bits per heavy atom. The third-order valence-corrected chi connectivity index (χ3v) is 3.16. The molecule has 94 valence electrons. The Bertz CT molecular complexity index is 243. The number of amides is 1. The molecule has 0 aliphatic rings. The van der Waals surface area contributed by atoms with Crippen molar-refractivity contribution in [3.63, 3.8) is 0 Å². The summed E-state index contributed by atoms with van der Waals surface area (Å²) in [5.74, 6) is 0.297. The molecule has 2 atom stereocenters. The van der Waals surface area contributed by atoms with Crippen LogP contribution in [0.2, 0.25) is 0 Å². The zero-order valence-electron chi connectivity index (χ0n) is 10.8. The molecule has 2 unspecified atom stereocenters. The molecule has 2 N–H and O–H groups in total. The van der Waals surface area contributed by atoms with E-state index in [0.717, 1.165) is 25.8 Å². The van der Waals surface area contributed by atoms with Crippen molar-refractivity contribution in [2.24, 2.45) is 17.6 Å². The van der Waals surface area contributed by atoms with Gasteiger partial charge in [0.2, 0.25) is 5.91 Å². The number of carbonyl (C=O) groups is 1. The van der Waals surface area contributed by atoms with E-state index in [1.165, 1.54) is 0 Å². The van der Waals surface area contributed by atoms with Gasteiger partial charge in [0, 0.05) is 13.6 Å². The van der Waals surface area contributed by atoms with Gasteiger partial charge in [-0.25, -0.2) is 0 Å². The van der Waals surface area contributed by atoms with Crippen LogP contribution < -0.4 is 5.73 Å². The van der Waals surface area contributed by atoms with E-state index in [4.69, 9.17) is 18.0 Å². The molecule has 0 aromatic heterocycles. The van der Waals surface area contributed by atoms with E-state index in [9.17, 15) is 4.79 Å². The summed E-state index contributed by atoms with van der Waals surface area (Å²) < 4.78 is 0. The van der Waals surface area contributed by atoms with Crippen LogP contribution in [-0.2, 0) is 4.79 Å². The molecule has 0 heterocycles. The molecular weight excluding hydrogens is 220 g/mol. The average molecular weight is 244 g/mol. The Hall–Kier alpha value is -0.640. The maximum atomic E-state index is 12.1. The van der Waals surface area contributed by atoms with E-state index < -0.39 is 0 Å². The first-order chi connectivity index (χ1) is 7.43. The highest BCUT2D eigenvalue weighted by molar-refractivity contribution is 7.80. The monoisotopic (exact) mass is 244 g/mol. The predicted octanol–water partition coefficient (Wildman–Crippen LogP) is 2.19. The number of rotatable bonds is 7. The first-order valence-corrected chi connectivity index (χ1v) is 6.39. The van der Waals surface area contributed by atoms with Crippen LogP contribution >= 0.6 is 12.2 Å². The first kappa shape index (κ1) is 15.4. The van der Waals surface area contributed by atoms with Crippen LogP contribution in [0.5, 0.6) is 0 Å². The van der Waals surface area contributed by atoms with Gasteiger partial charge in [-0.05, 0) is 12.3 Å². The molecule has 0 rings (SSSR count). The lowest BCUT2D eigenvalue weighted by Crippen LogP contribution is -2.40. The number of nitrogens with two attached hydrogens (primary N) is 1. The topological polar surface area (TPSA) is 46.3 Å². The highest BCUT2D eigenvalue weighted by Gasteiger charge is 2.24. The molecule has 16 heavy (non-hydrogen) atoms. The molecule has 4 heteroatoms. The van der Waals surface area contributed by atoms with Gasteiger partial charge < -0.3 is 10.6 Å². The Balaban J connectivity index is 4.42. The van der Waals surface area contributed by atoms with E-state index in [-0.39, 0.29) is 11.8 Å². The van der Waals surface area contributed by atoms with Crippen molar-refractivity contribution >= 4 is 23.1 Å². The second-order valence-corrected chi connectivity index (χ2v) is 4.95. The third-order valence-electron chi connectivity index (χ3n) is 2.88. The minimum Gasteiger partial charge on any atom is -0.393 e. The third kappa shape index (κ3) is 4.92. The average Bonchev–Trinajstić information content (AvgIpc) is 2.24. The molecule has 1 amide bonds. The zero-order valence-corrected chi connectivity index (χ0v) is 11.6. The first-order valence-electron chi connectivity index (χ1n) is 5.98. The lowest BCUT2D eigenvalue weighted by molar-refractivity contribution is -0.132. The van der Waals surface area contributed by atoms with Gasteiger partial charge >= 0.3 is 0 Å². The van der Waals surface area contributed by atoms with Crippen molar-refractivity contribution in [2.45, 2.75) is 40.0 Å². The van der Waals surface area contributed by atoms with Crippen molar-refractivity contribution in [2.75, 3.05) is 13.6 Å². The van der Waals surface area contributed by atoms with E-state index in [2.05, 4.69) is 13.8 Å². The van der Waals surface area contributed by atoms with Gasteiger partial charge in [-0.15, -0.1) is 0 Å². The van der Waals surface area contributed by atoms with Crippen LogP contribution in [-0.4, -0.2) is 29.4 Å². The summed E-state index contributed by atoms with van der Waals surface area (Å²) in [5, 5.41) is 0. The minimum atomic E-state index is -0.283. The molecule has 0 aliphatic carbocycles. The number of hydrogen-bond acceptors (Lipinski definition) is 2. The van der Waals surface area contributed by atoms with Crippen molar-refractivity contribution in [3.05, 3.63) is 0 Å². The van der Waals surface area contributed by atoms with Crippen LogP contribution in [0.1, 0.15) is 40.0 Å². The maximum absolute atomic E-state index is 12.1. The summed E-state index contributed by atoms with van der Waals surface area (Å²) in [6.45, 7) is 7.07. The van der Waals surface area contributed by atoms with Crippen molar-refractivity contribution in [1.82, 2.24) is 4.90 Å². The van der Waals surface area contributed by atoms with E-state index in [1.807, 2.05) is 14.0 Å². The van der Waals surface area contributed by atoms with Gasteiger partial charge in [0.25, 0.3) is 0 Å². The SMILES string of the molecule is CCCC(C(=O)N(C)CC(C)CC)C(N)=S. The zero-order chi connectivity index (χ0) is 12.7. The fraction of sp³-hybridized carbons (Fsp3) is 0.833. The molecule has 0 aromatic carbocycles. The molecule has 0 aromatic rings. The van der Waals surface area contributed by atoms with Gasteiger partial charge in [-0.2, -0.15) is 0 Å². The Morgan fingerprint density at radius 3 is 2.38 bits per heavy atom. The van der Waals surface area contributed by atoms with Crippen LogP contribution in [0, 0.1) is 11.8 Å². The van der Waals surface area contributed by atoms with Crippen LogP contribution in [0.3, 0.4) is 0 Å². The van der Waals surface area contributed by atoms with Gasteiger partial charge in [-0.1, -0.05) is 45.8 Å². The second kappa shape index (κ2) is 7.60. The molecule has 0 radical (unpaired) electrons. The van der Waals surface area contributed by atoms with Gasteiger partial charge in [-0.3, -0.25) is 4.79 Å². The van der Waals surface area contributed by atoms with Crippen LogP contribution in [0.4, 0.5) is 0 Å². The highest BCUT2D eigenvalue weighted by Crippen LogP contribution is 2.12. The number of hydrogen-bond donors (Lipinski definition) is 1. The molecule has 3 nitrogen and oxygen atoms in total. The summed E-state index contributed by atoms with van der Waals surface area (Å²) in [7, 11) is 1.83. The minimum absolute atomic E-state index is 0.0645. The normalized spacial score (nSPS) is 14.2. The molecule has 0 spiro atoms. The van der Waals surface area contributed by atoms with Crippen molar-refractivity contribution in [3.8, 4) is 0 Å². The molecule has 0 saturated carbocycles. The van der Waals surface area contributed by atoms with E-state index in [0.29, 0.717) is 10.9 Å². The Kier molecular flexibility index (Phi) is 7.30. The van der Waals surface area contributed by atoms with Gasteiger partial charge in [0.05, 0.1) is 10.9 Å². The standard InChI is InChI=1S/C12H24N2OS/c1-5-7-10(11(13)16)12(15)14(4)8-9(3)6-2/h9-10H,5-8H2,1-4H3,(H2,13,16). The fourth-order valence-electron chi connectivity index (χ4n) is 1.63.